The van der Waals surface area contributed by atoms with Crippen LogP contribution in [0.15, 0.2) is 42.5 Å². The molecule has 0 saturated heterocycles. The first kappa shape index (κ1) is 21.1. The molecule has 0 saturated carbocycles. The van der Waals surface area contributed by atoms with Gasteiger partial charge in [-0.25, -0.2) is 13.1 Å². The van der Waals surface area contributed by atoms with Gasteiger partial charge in [0.1, 0.15) is 0 Å². The van der Waals surface area contributed by atoms with E-state index in [0.29, 0.717) is 13.0 Å². The van der Waals surface area contributed by atoms with E-state index in [0.717, 1.165) is 27.9 Å². The van der Waals surface area contributed by atoms with Gasteiger partial charge in [-0.2, -0.15) is 0 Å². The zero-order chi connectivity index (χ0) is 20.0. The molecule has 6 heteroatoms. The van der Waals surface area contributed by atoms with Crippen LogP contribution in [0.4, 0.5) is 5.69 Å². The van der Waals surface area contributed by atoms with Crippen molar-refractivity contribution in [1.82, 2.24) is 4.72 Å². The lowest BCUT2D eigenvalue weighted by atomic mass is 10.0. The van der Waals surface area contributed by atoms with Crippen LogP contribution in [0.3, 0.4) is 0 Å². The van der Waals surface area contributed by atoms with Crippen LogP contribution >= 0.6 is 0 Å². The van der Waals surface area contributed by atoms with Crippen LogP contribution in [0.1, 0.15) is 29.2 Å². The number of hydrogen-bond acceptors (Lipinski definition) is 3. The highest BCUT2D eigenvalue weighted by molar-refractivity contribution is 7.89. The predicted octanol–water partition coefficient (Wildman–Crippen LogP) is 3.13. The van der Waals surface area contributed by atoms with Crippen molar-refractivity contribution in [3.05, 3.63) is 64.7 Å². The van der Waals surface area contributed by atoms with Crippen LogP contribution < -0.4 is 9.62 Å². The molecule has 0 aliphatic carbocycles. The molecule has 0 unspecified atom stereocenters. The third kappa shape index (κ3) is 6.19. The lowest BCUT2D eigenvalue weighted by molar-refractivity contribution is -0.116. The predicted molar refractivity (Wildman–Crippen MR) is 111 cm³/mol. The fraction of sp³-hybridized carbons (Fsp3) is 0.381. The summed E-state index contributed by atoms with van der Waals surface area (Å²) in [6.07, 6.45) is 0.461. The number of carbonyl (C=O) groups is 1. The molecule has 0 radical (unpaired) electrons. The van der Waals surface area contributed by atoms with Gasteiger partial charge in [0.05, 0.1) is 5.75 Å². The summed E-state index contributed by atoms with van der Waals surface area (Å²) >= 11 is 0. The Bertz CT molecular complexity index is 870. The number of rotatable bonds is 8. The molecule has 2 rings (SSSR count). The minimum Gasteiger partial charge on any atom is -0.311 e. The molecule has 0 aliphatic rings. The highest BCUT2D eigenvalue weighted by Gasteiger charge is 2.18. The third-order valence-electron chi connectivity index (χ3n) is 4.45. The number of aryl methyl sites for hydroxylation is 4. The summed E-state index contributed by atoms with van der Waals surface area (Å²) < 4.78 is 27.1. The molecule has 146 valence electrons. The lowest BCUT2D eigenvalue weighted by Crippen LogP contribution is -2.39. The Morgan fingerprint density at radius 3 is 2.19 bits per heavy atom. The van der Waals surface area contributed by atoms with Gasteiger partial charge in [0.15, 0.2) is 0 Å². The summed E-state index contributed by atoms with van der Waals surface area (Å²) in [6.45, 7) is 7.93. The first-order valence-corrected chi connectivity index (χ1v) is 10.7. The number of nitrogens with zero attached hydrogens (tertiary/aromatic N) is 1. The lowest BCUT2D eigenvalue weighted by Gasteiger charge is -2.25. The highest BCUT2D eigenvalue weighted by atomic mass is 32.2. The topological polar surface area (TPSA) is 66.5 Å². The molecule has 0 heterocycles. The molecule has 0 spiro atoms. The van der Waals surface area contributed by atoms with Gasteiger partial charge in [0.2, 0.25) is 15.9 Å². The third-order valence-corrected chi connectivity index (χ3v) is 5.83. The van der Waals surface area contributed by atoms with Crippen LogP contribution in [0, 0.1) is 20.8 Å². The smallest absolute Gasteiger partial charge is 0.223 e. The van der Waals surface area contributed by atoms with Crippen molar-refractivity contribution in [2.75, 3.05) is 23.7 Å². The van der Waals surface area contributed by atoms with Gasteiger partial charge in [0, 0.05) is 25.7 Å². The second-order valence-electron chi connectivity index (χ2n) is 6.87. The molecule has 0 atom stereocenters. The van der Waals surface area contributed by atoms with Crippen molar-refractivity contribution in [1.29, 1.82) is 0 Å². The summed E-state index contributed by atoms with van der Waals surface area (Å²) in [7, 11) is -3.40. The molecule has 0 aliphatic heterocycles. The number of anilines is 1. The van der Waals surface area contributed by atoms with E-state index in [1.54, 1.807) is 4.90 Å². The molecule has 0 aromatic heterocycles. The van der Waals surface area contributed by atoms with E-state index in [1.807, 2.05) is 63.2 Å². The van der Waals surface area contributed by atoms with Gasteiger partial charge in [0.25, 0.3) is 0 Å². The number of benzene rings is 2. The van der Waals surface area contributed by atoms with Crippen LogP contribution in [-0.2, 0) is 21.2 Å². The standard InChI is InChI=1S/C21H28N2O3S/c1-16-14-17(2)21(18(3)15-16)23(19(4)24)12-11-22-27(25,26)13-10-20-8-6-5-7-9-20/h5-9,14-15,22H,10-13H2,1-4H3. The molecule has 2 aromatic rings. The summed E-state index contributed by atoms with van der Waals surface area (Å²) in [6, 6.07) is 13.6. The highest BCUT2D eigenvalue weighted by Crippen LogP contribution is 2.26. The minimum atomic E-state index is -3.40. The van der Waals surface area contributed by atoms with E-state index in [4.69, 9.17) is 0 Å². The molecule has 0 fully saturated rings. The molecule has 5 nitrogen and oxygen atoms in total. The Kier molecular flexibility index (Phi) is 7.16. The average molecular weight is 389 g/mol. The van der Waals surface area contributed by atoms with E-state index >= 15 is 0 Å². The number of nitrogens with one attached hydrogen (secondary N) is 1. The summed E-state index contributed by atoms with van der Waals surface area (Å²) in [5.41, 5.74) is 5.00. The van der Waals surface area contributed by atoms with Crippen molar-refractivity contribution in [2.24, 2.45) is 0 Å². The van der Waals surface area contributed by atoms with Crippen LogP contribution in [0.2, 0.25) is 0 Å². The summed E-state index contributed by atoms with van der Waals surface area (Å²) in [4.78, 5) is 13.8. The van der Waals surface area contributed by atoms with Gasteiger partial charge in [-0.3, -0.25) is 4.79 Å². The number of hydrogen-bond donors (Lipinski definition) is 1. The Morgan fingerprint density at radius 2 is 1.63 bits per heavy atom. The average Bonchev–Trinajstić information content (AvgIpc) is 2.58. The van der Waals surface area contributed by atoms with Crippen molar-refractivity contribution >= 4 is 21.6 Å². The maximum Gasteiger partial charge on any atom is 0.223 e. The Balaban J connectivity index is 1.99. The van der Waals surface area contributed by atoms with Gasteiger partial charge >= 0.3 is 0 Å². The van der Waals surface area contributed by atoms with Gasteiger partial charge in [-0.1, -0.05) is 48.0 Å². The molecule has 0 bridgehead atoms. The summed E-state index contributed by atoms with van der Waals surface area (Å²) in [5.74, 6) is -0.0758. The van der Waals surface area contributed by atoms with E-state index in [-0.39, 0.29) is 18.2 Å². The number of sulfonamides is 1. The zero-order valence-electron chi connectivity index (χ0n) is 16.5. The summed E-state index contributed by atoms with van der Waals surface area (Å²) in [5, 5.41) is 0. The van der Waals surface area contributed by atoms with Crippen molar-refractivity contribution in [3.63, 3.8) is 0 Å². The Hall–Kier alpha value is -2.18. The van der Waals surface area contributed by atoms with E-state index in [9.17, 15) is 13.2 Å². The van der Waals surface area contributed by atoms with E-state index in [2.05, 4.69) is 4.72 Å². The van der Waals surface area contributed by atoms with Crippen LogP contribution in [-0.4, -0.2) is 33.2 Å². The zero-order valence-corrected chi connectivity index (χ0v) is 17.3. The normalized spacial score (nSPS) is 11.4. The maximum atomic E-state index is 12.3. The van der Waals surface area contributed by atoms with Crippen LogP contribution in [0.5, 0.6) is 0 Å². The fourth-order valence-corrected chi connectivity index (χ4v) is 4.36. The minimum absolute atomic E-state index is 0.0275. The van der Waals surface area contributed by atoms with Crippen molar-refractivity contribution < 1.29 is 13.2 Å². The van der Waals surface area contributed by atoms with Crippen molar-refractivity contribution in [3.8, 4) is 0 Å². The Morgan fingerprint density at radius 1 is 1.04 bits per heavy atom. The SMILES string of the molecule is CC(=O)N(CCNS(=O)(=O)CCc1ccccc1)c1c(C)cc(C)cc1C. The molecule has 27 heavy (non-hydrogen) atoms. The Labute approximate surface area is 162 Å². The molecular weight excluding hydrogens is 360 g/mol. The maximum absolute atomic E-state index is 12.3. The quantitative estimate of drug-likeness (QED) is 0.755. The second-order valence-corrected chi connectivity index (χ2v) is 8.79. The molecule has 2 aromatic carbocycles. The van der Waals surface area contributed by atoms with Gasteiger partial charge in [-0.05, 0) is 43.9 Å². The number of amides is 1. The first-order chi connectivity index (χ1) is 12.7. The van der Waals surface area contributed by atoms with E-state index in [1.165, 1.54) is 6.92 Å². The molecular formula is C21H28N2O3S. The van der Waals surface area contributed by atoms with Gasteiger partial charge in [-0.15, -0.1) is 0 Å². The first-order valence-electron chi connectivity index (χ1n) is 9.07. The number of carbonyl (C=O) groups excluding carboxylic acids is 1. The fourth-order valence-electron chi connectivity index (χ4n) is 3.31. The van der Waals surface area contributed by atoms with Crippen LogP contribution in [0.25, 0.3) is 0 Å². The molecule has 1 N–H and O–H groups in total. The largest absolute Gasteiger partial charge is 0.311 e. The monoisotopic (exact) mass is 388 g/mol. The molecule has 1 amide bonds. The second kappa shape index (κ2) is 9.15. The van der Waals surface area contributed by atoms with E-state index < -0.39 is 10.0 Å². The van der Waals surface area contributed by atoms with Gasteiger partial charge < -0.3 is 4.90 Å². The van der Waals surface area contributed by atoms with Crippen molar-refractivity contribution in [2.45, 2.75) is 34.1 Å².